The van der Waals surface area contributed by atoms with Crippen LogP contribution in [0.3, 0.4) is 0 Å². The summed E-state index contributed by atoms with van der Waals surface area (Å²) in [4.78, 5) is 15.9. The van der Waals surface area contributed by atoms with Crippen LogP contribution in [0, 0.1) is 6.92 Å². The molecule has 0 radical (unpaired) electrons. The highest BCUT2D eigenvalue weighted by molar-refractivity contribution is 7.13. The Kier molecular flexibility index (Phi) is 4.85. The number of hydrogen-bond acceptors (Lipinski definition) is 6. The van der Waals surface area contributed by atoms with Crippen molar-refractivity contribution in [3.63, 3.8) is 0 Å². The molecular weight excluding hydrogens is 230 g/mol. The summed E-state index contributed by atoms with van der Waals surface area (Å²) in [7, 11) is 1.32. The Morgan fingerprint density at radius 3 is 2.88 bits per heavy atom. The molecule has 0 saturated carbocycles. The maximum Gasteiger partial charge on any atom is 0.349 e. The van der Waals surface area contributed by atoms with Crippen molar-refractivity contribution in [1.82, 2.24) is 4.98 Å². The fourth-order valence-electron chi connectivity index (χ4n) is 1.14. The summed E-state index contributed by atoms with van der Waals surface area (Å²) < 4.78 is 9.70. The van der Waals surface area contributed by atoms with E-state index in [1.54, 1.807) is 6.92 Å². The van der Waals surface area contributed by atoms with Crippen LogP contribution >= 0.6 is 11.3 Å². The summed E-state index contributed by atoms with van der Waals surface area (Å²) >= 11 is 1.14. The first-order chi connectivity index (χ1) is 7.60. The standard InChI is InChI=1S/C10H15NO4S/c1-4-15-5-7(12)9-11-6(2)8(16-9)10(13)14-3/h7,12H,4-5H2,1-3H3. The Labute approximate surface area is 98.0 Å². The van der Waals surface area contributed by atoms with Crippen molar-refractivity contribution in [3.05, 3.63) is 15.6 Å². The van der Waals surface area contributed by atoms with E-state index in [-0.39, 0.29) is 6.61 Å². The number of nitrogens with zero attached hydrogens (tertiary/aromatic N) is 1. The normalized spacial score (nSPS) is 12.5. The lowest BCUT2D eigenvalue weighted by atomic mass is 10.4. The fourth-order valence-corrected chi connectivity index (χ4v) is 2.10. The Bertz CT molecular complexity index is 364. The van der Waals surface area contributed by atoms with E-state index in [2.05, 4.69) is 9.72 Å². The number of aryl methyl sites for hydroxylation is 1. The van der Waals surface area contributed by atoms with Gasteiger partial charge in [-0.1, -0.05) is 0 Å². The van der Waals surface area contributed by atoms with E-state index in [4.69, 9.17) is 4.74 Å². The van der Waals surface area contributed by atoms with Crippen molar-refractivity contribution in [2.45, 2.75) is 20.0 Å². The Morgan fingerprint density at radius 2 is 2.31 bits per heavy atom. The number of ether oxygens (including phenoxy) is 2. The topological polar surface area (TPSA) is 68.7 Å². The van der Waals surface area contributed by atoms with Crippen LogP contribution in [0.5, 0.6) is 0 Å². The van der Waals surface area contributed by atoms with Gasteiger partial charge in [0.05, 0.1) is 19.4 Å². The van der Waals surface area contributed by atoms with Crippen LogP contribution in [0.15, 0.2) is 0 Å². The van der Waals surface area contributed by atoms with Crippen LogP contribution in [0.1, 0.15) is 33.4 Å². The number of carbonyl (C=O) groups is 1. The molecule has 90 valence electrons. The first-order valence-electron chi connectivity index (χ1n) is 4.91. The lowest BCUT2D eigenvalue weighted by Gasteiger charge is -2.06. The molecule has 0 aliphatic rings. The van der Waals surface area contributed by atoms with E-state index >= 15 is 0 Å². The molecule has 0 fully saturated rings. The second kappa shape index (κ2) is 5.93. The summed E-state index contributed by atoms with van der Waals surface area (Å²) in [5, 5.41) is 10.2. The zero-order chi connectivity index (χ0) is 12.1. The van der Waals surface area contributed by atoms with Crippen molar-refractivity contribution in [2.75, 3.05) is 20.3 Å². The molecule has 5 nitrogen and oxygen atoms in total. The summed E-state index contributed by atoms with van der Waals surface area (Å²) in [5.74, 6) is -0.426. The van der Waals surface area contributed by atoms with Gasteiger partial charge in [-0.2, -0.15) is 0 Å². The quantitative estimate of drug-likeness (QED) is 0.792. The number of aliphatic hydroxyl groups is 1. The molecule has 1 heterocycles. The summed E-state index contributed by atoms with van der Waals surface area (Å²) in [6.07, 6.45) is -0.790. The molecule has 6 heteroatoms. The minimum Gasteiger partial charge on any atom is -0.465 e. The first kappa shape index (κ1) is 13.1. The molecule has 1 aromatic heterocycles. The lowest BCUT2D eigenvalue weighted by Crippen LogP contribution is -2.06. The summed E-state index contributed by atoms with van der Waals surface area (Å²) in [6.45, 7) is 4.27. The van der Waals surface area contributed by atoms with E-state index < -0.39 is 12.1 Å². The Hall–Kier alpha value is -0.980. The van der Waals surface area contributed by atoms with Gasteiger partial charge in [0.25, 0.3) is 0 Å². The van der Waals surface area contributed by atoms with Gasteiger partial charge in [0.2, 0.25) is 0 Å². The molecular formula is C10H15NO4S. The van der Waals surface area contributed by atoms with Gasteiger partial charge in [-0.3, -0.25) is 0 Å². The van der Waals surface area contributed by atoms with Crippen LogP contribution in [-0.4, -0.2) is 36.4 Å². The van der Waals surface area contributed by atoms with E-state index in [1.165, 1.54) is 7.11 Å². The van der Waals surface area contributed by atoms with Gasteiger partial charge in [-0.15, -0.1) is 11.3 Å². The van der Waals surface area contributed by atoms with Gasteiger partial charge in [0.15, 0.2) is 0 Å². The third-order valence-electron chi connectivity index (χ3n) is 1.95. The van der Waals surface area contributed by atoms with Crippen LogP contribution in [0.4, 0.5) is 0 Å². The molecule has 0 amide bonds. The zero-order valence-electron chi connectivity index (χ0n) is 9.52. The number of aromatic nitrogens is 1. The molecule has 1 rings (SSSR count). The first-order valence-corrected chi connectivity index (χ1v) is 5.73. The molecule has 0 bridgehead atoms. The number of aliphatic hydroxyl groups excluding tert-OH is 1. The highest BCUT2D eigenvalue weighted by Gasteiger charge is 2.19. The van der Waals surface area contributed by atoms with E-state index in [0.29, 0.717) is 22.2 Å². The van der Waals surface area contributed by atoms with Gasteiger partial charge >= 0.3 is 5.97 Å². The average Bonchev–Trinajstić information content (AvgIpc) is 2.67. The number of methoxy groups -OCH3 is 1. The molecule has 1 unspecified atom stereocenters. The SMILES string of the molecule is CCOCC(O)c1nc(C)c(C(=O)OC)s1. The predicted molar refractivity (Wildman–Crippen MR) is 59.6 cm³/mol. The Balaban J connectivity index is 2.79. The van der Waals surface area contributed by atoms with Crippen molar-refractivity contribution in [2.24, 2.45) is 0 Å². The van der Waals surface area contributed by atoms with Crippen LogP contribution in [-0.2, 0) is 9.47 Å². The highest BCUT2D eigenvalue weighted by atomic mass is 32.1. The van der Waals surface area contributed by atoms with Gasteiger partial charge in [-0.25, -0.2) is 9.78 Å². The van der Waals surface area contributed by atoms with Gasteiger partial charge in [-0.05, 0) is 13.8 Å². The maximum atomic E-state index is 11.3. The zero-order valence-corrected chi connectivity index (χ0v) is 10.3. The third-order valence-corrected chi connectivity index (χ3v) is 3.19. The predicted octanol–water partition coefficient (Wildman–Crippen LogP) is 1.31. The maximum absolute atomic E-state index is 11.3. The van der Waals surface area contributed by atoms with Crippen LogP contribution in [0.2, 0.25) is 0 Å². The molecule has 1 atom stereocenters. The van der Waals surface area contributed by atoms with Crippen molar-refractivity contribution < 1.29 is 19.4 Å². The van der Waals surface area contributed by atoms with Crippen molar-refractivity contribution in [3.8, 4) is 0 Å². The monoisotopic (exact) mass is 245 g/mol. The number of carbonyl (C=O) groups excluding carboxylic acids is 1. The highest BCUT2D eigenvalue weighted by Crippen LogP contribution is 2.24. The lowest BCUT2D eigenvalue weighted by molar-refractivity contribution is 0.0418. The molecule has 1 N–H and O–H groups in total. The number of hydrogen-bond donors (Lipinski definition) is 1. The van der Waals surface area contributed by atoms with Gasteiger partial charge < -0.3 is 14.6 Å². The van der Waals surface area contributed by atoms with E-state index in [9.17, 15) is 9.90 Å². The van der Waals surface area contributed by atoms with Gasteiger partial charge in [0.1, 0.15) is 16.0 Å². The minimum atomic E-state index is -0.790. The summed E-state index contributed by atoms with van der Waals surface area (Å²) in [6, 6.07) is 0. The third kappa shape index (κ3) is 3.01. The smallest absolute Gasteiger partial charge is 0.349 e. The molecule has 0 saturated heterocycles. The van der Waals surface area contributed by atoms with Crippen molar-refractivity contribution >= 4 is 17.3 Å². The second-order valence-corrected chi connectivity index (χ2v) is 4.16. The van der Waals surface area contributed by atoms with E-state index in [0.717, 1.165) is 11.3 Å². The fraction of sp³-hybridized carbons (Fsp3) is 0.600. The van der Waals surface area contributed by atoms with Crippen molar-refractivity contribution in [1.29, 1.82) is 0 Å². The van der Waals surface area contributed by atoms with Gasteiger partial charge in [0, 0.05) is 6.61 Å². The molecule has 0 spiro atoms. The molecule has 0 aromatic carbocycles. The largest absolute Gasteiger partial charge is 0.465 e. The molecule has 0 aliphatic heterocycles. The summed E-state index contributed by atoms with van der Waals surface area (Å²) in [5.41, 5.74) is 0.572. The molecule has 0 aliphatic carbocycles. The van der Waals surface area contributed by atoms with Crippen LogP contribution < -0.4 is 0 Å². The second-order valence-electron chi connectivity index (χ2n) is 3.13. The minimum absolute atomic E-state index is 0.185. The Morgan fingerprint density at radius 1 is 1.62 bits per heavy atom. The van der Waals surface area contributed by atoms with E-state index in [1.807, 2.05) is 6.92 Å². The molecule has 1 aromatic rings. The number of rotatable bonds is 5. The number of esters is 1. The van der Waals surface area contributed by atoms with Crippen LogP contribution in [0.25, 0.3) is 0 Å². The number of thiazole rings is 1. The molecule has 16 heavy (non-hydrogen) atoms. The average molecular weight is 245 g/mol.